The van der Waals surface area contributed by atoms with Gasteiger partial charge in [0.25, 0.3) is 0 Å². The highest BCUT2D eigenvalue weighted by molar-refractivity contribution is 7.10. The minimum atomic E-state index is -0.151. The summed E-state index contributed by atoms with van der Waals surface area (Å²) in [5, 5.41) is 7.87. The first-order valence-corrected chi connectivity index (χ1v) is 8.47. The van der Waals surface area contributed by atoms with E-state index in [1.54, 1.807) is 11.3 Å². The Labute approximate surface area is 139 Å². The first-order chi connectivity index (χ1) is 11.2. The molecule has 2 N–H and O–H groups in total. The number of carbonyl (C=O) groups is 2. The van der Waals surface area contributed by atoms with Gasteiger partial charge < -0.3 is 10.6 Å². The number of hydrogen-bond donors (Lipinski definition) is 2. The molecule has 1 aromatic carbocycles. The number of piperazine rings is 1. The summed E-state index contributed by atoms with van der Waals surface area (Å²) in [6.45, 7) is 1.82. The van der Waals surface area contributed by atoms with Crippen LogP contribution in [0.2, 0.25) is 0 Å². The van der Waals surface area contributed by atoms with Gasteiger partial charge in [0.2, 0.25) is 11.8 Å². The lowest BCUT2D eigenvalue weighted by molar-refractivity contribution is -0.127. The molecule has 1 saturated heterocycles. The number of carbonyl (C=O) groups excluding carboxylic acids is 2. The van der Waals surface area contributed by atoms with Crippen LogP contribution in [-0.4, -0.2) is 42.9 Å². The molecule has 0 saturated carbocycles. The Hall–Kier alpha value is -2.18. The van der Waals surface area contributed by atoms with Gasteiger partial charge in [-0.2, -0.15) is 0 Å². The molecule has 0 unspecified atom stereocenters. The zero-order chi connectivity index (χ0) is 16.1. The number of nitrogens with zero attached hydrogens (tertiary/aromatic N) is 1. The molecule has 3 rings (SSSR count). The number of hydrogen-bond acceptors (Lipinski definition) is 4. The van der Waals surface area contributed by atoms with E-state index < -0.39 is 0 Å². The van der Waals surface area contributed by atoms with Crippen LogP contribution in [-0.2, 0) is 9.59 Å². The van der Waals surface area contributed by atoms with Gasteiger partial charge in [-0.25, -0.2) is 0 Å². The van der Waals surface area contributed by atoms with Gasteiger partial charge in [-0.15, -0.1) is 11.3 Å². The predicted molar refractivity (Wildman–Crippen MR) is 90.2 cm³/mol. The minimum absolute atomic E-state index is 0.0260. The van der Waals surface area contributed by atoms with Crippen molar-refractivity contribution in [3.63, 3.8) is 0 Å². The third kappa shape index (κ3) is 4.18. The highest BCUT2D eigenvalue weighted by Gasteiger charge is 2.22. The molecule has 1 atom stereocenters. The molecule has 2 heterocycles. The summed E-state index contributed by atoms with van der Waals surface area (Å²) in [4.78, 5) is 26.8. The normalized spacial score (nSPS) is 16.6. The summed E-state index contributed by atoms with van der Waals surface area (Å²) >= 11 is 1.62. The average Bonchev–Trinajstić information content (AvgIpc) is 3.07. The molecule has 2 amide bonds. The van der Waals surface area contributed by atoms with Gasteiger partial charge in [-0.3, -0.25) is 14.5 Å². The van der Waals surface area contributed by atoms with Crippen LogP contribution in [0.1, 0.15) is 16.5 Å². The van der Waals surface area contributed by atoms with Gasteiger partial charge in [0.15, 0.2) is 0 Å². The van der Waals surface area contributed by atoms with Crippen molar-refractivity contribution in [2.75, 3.05) is 26.2 Å². The third-order valence-corrected chi connectivity index (χ3v) is 4.69. The van der Waals surface area contributed by atoms with Gasteiger partial charge in [0.05, 0.1) is 19.1 Å². The van der Waals surface area contributed by atoms with Crippen LogP contribution in [0.4, 0.5) is 0 Å². The van der Waals surface area contributed by atoms with Crippen LogP contribution in [0.25, 0.3) is 0 Å². The molecule has 1 aromatic heterocycles. The van der Waals surface area contributed by atoms with Gasteiger partial charge >= 0.3 is 0 Å². The fourth-order valence-corrected chi connectivity index (χ4v) is 3.46. The molecule has 5 nitrogen and oxygen atoms in total. The molecule has 1 aliphatic rings. The molecule has 1 aliphatic heterocycles. The van der Waals surface area contributed by atoms with Crippen molar-refractivity contribution >= 4 is 23.2 Å². The van der Waals surface area contributed by atoms with E-state index in [9.17, 15) is 9.59 Å². The van der Waals surface area contributed by atoms with E-state index in [0.29, 0.717) is 13.1 Å². The van der Waals surface area contributed by atoms with Crippen molar-refractivity contribution in [2.45, 2.75) is 6.04 Å². The number of thiophene rings is 1. The number of rotatable bonds is 5. The Morgan fingerprint density at radius 2 is 2.09 bits per heavy atom. The first-order valence-electron chi connectivity index (χ1n) is 7.59. The monoisotopic (exact) mass is 329 g/mol. The quantitative estimate of drug-likeness (QED) is 0.871. The molecule has 0 radical (unpaired) electrons. The van der Waals surface area contributed by atoms with Gasteiger partial charge in [0.1, 0.15) is 0 Å². The summed E-state index contributed by atoms with van der Waals surface area (Å²) in [6.07, 6.45) is 0. The largest absolute Gasteiger partial charge is 0.354 e. The van der Waals surface area contributed by atoms with E-state index in [4.69, 9.17) is 0 Å². The van der Waals surface area contributed by atoms with E-state index >= 15 is 0 Å². The van der Waals surface area contributed by atoms with Gasteiger partial charge in [-0.05, 0) is 17.0 Å². The molecule has 2 aromatic rings. The average molecular weight is 329 g/mol. The summed E-state index contributed by atoms with van der Waals surface area (Å²) in [6, 6.07) is 13.8. The molecule has 0 spiro atoms. The number of nitrogens with one attached hydrogen (secondary N) is 2. The lowest BCUT2D eigenvalue weighted by Gasteiger charge is -2.27. The van der Waals surface area contributed by atoms with Crippen molar-refractivity contribution in [1.82, 2.24) is 15.5 Å². The molecular weight excluding hydrogens is 310 g/mol. The van der Waals surface area contributed by atoms with E-state index in [0.717, 1.165) is 10.4 Å². The summed E-state index contributed by atoms with van der Waals surface area (Å²) < 4.78 is 0. The summed E-state index contributed by atoms with van der Waals surface area (Å²) in [5.41, 5.74) is 1.06. The summed E-state index contributed by atoms with van der Waals surface area (Å²) in [5.74, 6) is -0.0936. The fraction of sp³-hybridized carbons (Fsp3) is 0.294. The SMILES string of the molecule is O=C1CN(CC(=O)N[C@H](c2ccccc2)c2cccs2)CCN1. The Morgan fingerprint density at radius 3 is 2.78 bits per heavy atom. The van der Waals surface area contributed by atoms with E-state index in [1.165, 1.54) is 0 Å². The van der Waals surface area contributed by atoms with E-state index in [1.807, 2.05) is 52.7 Å². The second kappa shape index (κ2) is 7.39. The van der Waals surface area contributed by atoms with Crippen molar-refractivity contribution in [3.8, 4) is 0 Å². The van der Waals surface area contributed by atoms with Crippen LogP contribution in [0.3, 0.4) is 0 Å². The highest BCUT2D eigenvalue weighted by atomic mass is 32.1. The van der Waals surface area contributed by atoms with Crippen molar-refractivity contribution in [1.29, 1.82) is 0 Å². The van der Waals surface area contributed by atoms with Crippen LogP contribution in [0.15, 0.2) is 47.8 Å². The standard InChI is InChI=1S/C17H19N3O2S/c21-15-11-20(9-8-18-15)12-16(22)19-17(14-7-4-10-23-14)13-5-2-1-3-6-13/h1-7,10,17H,8-9,11-12H2,(H,18,21)(H,19,22)/t17-/m1/s1. The first kappa shape index (κ1) is 15.7. The smallest absolute Gasteiger partial charge is 0.234 e. The van der Waals surface area contributed by atoms with E-state index in [-0.39, 0.29) is 30.9 Å². The third-order valence-electron chi connectivity index (χ3n) is 3.75. The lowest BCUT2D eigenvalue weighted by atomic mass is 10.1. The van der Waals surface area contributed by atoms with Gasteiger partial charge in [-0.1, -0.05) is 36.4 Å². The van der Waals surface area contributed by atoms with Crippen LogP contribution in [0, 0.1) is 0 Å². The van der Waals surface area contributed by atoms with Crippen molar-refractivity contribution < 1.29 is 9.59 Å². The molecule has 23 heavy (non-hydrogen) atoms. The molecule has 1 fully saturated rings. The van der Waals surface area contributed by atoms with Crippen molar-refractivity contribution in [3.05, 3.63) is 58.3 Å². The van der Waals surface area contributed by atoms with Gasteiger partial charge in [0, 0.05) is 18.0 Å². The second-order valence-electron chi connectivity index (χ2n) is 5.49. The maximum atomic E-state index is 12.4. The van der Waals surface area contributed by atoms with Crippen molar-refractivity contribution in [2.24, 2.45) is 0 Å². The fourth-order valence-electron chi connectivity index (χ4n) is 2.66. The van der Waals surface area contributed by atoms with Crippen LogP contribution < -0.4 is 10.6 Å². The highest BCUT2D eigenvalue weighted by Crippen LogP contribution is 2.25. The maximum Gasteiger partial charge on any atom is 0.234 e. The predicted octanol–water partition coefficient (Wildman–Crippen LogP) is 1.39. The summed E-state index contributed by atoms with van der Waals surface area (Å²) in [7, 11) is 0. The Balaban J connectivity index is 1.69. The maximum absolute atomic E-state index is 12.4. The minimum Gasteiger partial charge on any atom is -0.354 e. The molecule has 6 heteroatoms. The Kier molecular flexibility index (Phi) is 5.05. The Morgan fingerprint density at radius 1 is 1.26 bits per heavy atom. The number of amides is 2. The molecule has 120 valence electrons. The number of benzene rings is 1. The second-order valence-corrected chi connectivity index (χ2v) is 6.47. The molecular formula is C17H19N3O2S. The molecule has 0 aliphatic carbocycles. The zero-order valence-corrected chi connectivity index (χ0v) is 13.5. The van der Waals surface area contributed by atoms with E-state index in [2.05, 4.69) is 10.6 Å². The molecule has 0 bridgehead atoms. The van der Waals surface area contributed by atoms with Crippen LogP contribution in [0.5, 0.6) is 0 Å². The Bertz CT molecular complexity index is 658. The zero-order valence-electron chi connectivity index (χ0n) is 12.7. The lowest BCUT2D eigenvalue weighted by Crippen LogP contribution is -2.50. The van der Waals surface area contributed by atoms with Crippen LogP contribution >= 0.6 is 11.3 Å². The topological polar surface area (TPSA) is 61.4 Å².